The minimum absolute atomic E-state index is 0.0886. The summed E-state index contributed by atoms with van der Waals surface area (Å²) in [5.41, 5.74) is 17.3. The van der Waals surface area contributed by atoms with Crippen molar-refractivity contribution in [3.05, 3.63) is 211 Å². The molecule has 0 saturated heterocycles. The first-order valence-electron chi connectivity index (χ1n) is 20.5. The van der Waals surface area contributed by atoms with Crippen molar-refractivity contribution < 1.29 is 0 Å². The number of hydrogen-bond donors (Lipinski definition) is 0. The van der Waals surface area contributed by atoms with Gasteiger partial charge in [-0.25, -0.2) is 0 Å². The summed E-state index contributed by atoms with van der Waals surface area (Å²) in [6.07, 6.45) is 0. The average molecular weight is 746 g/mol. The Morgan fingerprint density at radius 2 is 1.00 bits per heavy atom. The molecule has 0 amide bonds. The summed E-state index contributed by atoms with van der Waals surface area (Å²) in [5.74, 6) is 0. The third kappa shape index (κ3) is 5.93. The molecule has 0 saturated carbocycles. The molecule has 0 heterocycles. The number of hydrogen-bond acceptors (Lipinski definition) is 1. The lowest BCUT2D eigenvalue weighted by Gasteiger charge is -2.32. The average Bonchev–Trinajstić information content (AvgIpc) is 3.49. The van der Waals surface area contributed by atoms with E-state index in [0.717, 1.165) is 17.1 Å². The zero-order valence-corrected chi connectivity index (χ0v) is 33.9. The molecule has 0 fully saturated rings. The van der Waals surface area contributed by atoms with Crippen LogP contribution < -0.4 is 4.90 Å². The van der Waals surface area contributed by atoms with Crippen LogP contribution in [-0.2, 0) is 10.8 Å². The normalized spacial score (nSPS) is 13.1. The zero-order valence-electron chi connectivity index (χ0n) is 33.9. The fraction of sp³-hybridized carbons (Fsp3) is 0.123. The van der Waals surface area contributed by atoms with Gasteiger partial charge < -0.3 is 4.90 Å². The van der Waals surface area contributed by atoms with E-state index in [2.05, 4.69) is 234 Å². The van der Waals surface area contributed by atoms with Crippen molar-refractivity contribution in [3.8, 4) is 44.5 Å². The molecule has 0 bridgehead atoms. The Balaban J connectivity index is 1.28. The number of rotatable bonds is 6. The highest BCUT2D eigenvalue weighted by atomic mass is 15.1. The summed E-state index contributed by atoms with van der Waals surface area (Å²) in [7, 11) is 0. The van der Waals surface area contributed by atoms with Crippen LogP contribution in [0.2, 0.25) is 0 Å². The second-order valence-electron chi connectivity index (χ2n) is 17.4. The third-order valence-corrected chi connectivity index (χ3v) is 12.4. The van der Waals surface area contributed by atoms with Crippen molar-refractivity contribution in [1.29, 1.82) is 0 Å². The van der Waals surface area contributed by atoms with Crippen LogP contribution in [0.4, 0.5) is 17.1 Å². The van der Waals surface area contributed by atoms with Gasteiger partial charge in [0.2, 0.25) is 0 Å². The van der Waals surface area contributed by atoms with Gasteiger partial charge in [-0.15, -0.1) is 0 Å². The summed E-state index contributed by atoms with van der Waals surface area (Å²) >= 11 is 0. The van der Waals surface area contributed by atoms with Crippen LogP contribution >= 0.6 is 0 Å². The molecule has 0 N–H and O–H groups in total. The van der Waals surface area contributed by atoms with E-state index in [1.54, 1.807) is 0 Å². The second-order valence-corrected chi connectivity index (χ2v) is 17.4. The number of benzene rings is 9. The molecule has 280 valence electrons. The highest BCUT2D eigenvalue weighted by molar-refractivity contribution is 6.12. The minimum Gasteiger partial charge on any atom is -0.309 e. The topological polar surface area (TPSA) is 3.24 Å². The van der Waals surface area contributed by atoms with Gasteiger partial charge in [0.05, 0.1) is 11.4 Å². The Kier molecular flexibility index (Phi) is 8.46. The molecular weight excluding hydrogens is 699 g/mol. The largest absolute Gasteiger partial charge is 0.309 e. The van der Waals surface area contributed by atoms with E-state index < -0.39 is 0 Å². The molecule has 0 unspecified atom stereocenters. The lowest BCUT2D eigenvalue weighted by atomic mass is 9.82. The first-order chi connectivity index (χ1) is 28.2. The molecular formula is C57H47N. The quantitative estimate of drug-likeness (QED) is 0.164. The van der Waals surface area contributed by atoms with Gasteiger partial charge in [0, 0.05) is 22.2 Å². The van der Waals surface area contributed by atoms with E-state index in [1.807, 2.05) is 0 Å². The lowest BCUT2D eigenvalue weighted by molar-refractivity contribution is 0.590. The molecule has 1 nitrogen and oxygen atoms in total. The maximum Gasteiger partial charge on any atom is 0.0546 e. The monoisotopic (exact) mass is 745 g/mol. The summed E-state index contributed by atoms with van der Waals surface area (Å²) in [4.78, 5) is 2.53. The van der Waals surface area contributed by atoms with Crippen molar-refractivity contribution in [3.63, 3.8) is 0 Å². The molecule has 10 rings (SSSR count). The highest BCUT2D eigenvalue weighted by Gasteiger charge is 2.36. The van der Waals surface area contributed by atoms with Crippen molar-refractivity contribution in [2.24, 2.45) is 0 Å². The molecule has 0 radical (unpaired) electrons. The molecule has 9 aromatic carbocycles. The van der Waals surface area contributed by atoms with Crippen molar-refractivity contribution in [1.82, 2.24) is 0 Å². The van der Waals surface area contributed by atoms with Gasteiger partial charge in [-0.2, -0.15) is 0 Å². The smallest absolute Gasteiger partial charge is 0.0546 e. The maximum absolute atomic E-state index is 2.53. The van der Waals surface area contributed by atoms with Gasteiger partial charge in [-0.05, 0) is 107 Å². The predicted octanol–water partition coefficient (Wildman–Crippen LogP) is 16.1. The summed E-state index contributed by atoms with van der Waals surface area (Å²) < 4.78 is 0. The first-order valence-corrected chi connectivity index (χ1v) is 20.5. The molecule has 0 aliphatic heterocycles. The number of anilines is 3. The summed E-state index contributed by atoms with van der Waals surface area (Å²) in [5, 5.41) is 4.92. The van der Waals surface area contributed by atoms with E-state index in [4.69, 9.17) is 0 Å². The van der Waals surface area contributed by atoms with Crippen molar-refractivity contribution in [2.45, 2.75) is 45.4 Å². The number of nitrogens with zero attached hydrogens (tertiary/aromatic N) is 1. The van der Waals surface area contributed by atoms with Crippen LogP contribution in [0.3, 0.4) is 0 Å². The van der Waals surface area contributed by atoms with Gasteiger partial charge >= 0.3 is 0 Å². The molecule has 9 aromatic rings. The van der Waals surface area contributed by atoms with Crippen molar-refractivity contribution in [2.75, 3.05) is 4.90 Å². The second kappa shape index (κ2) is 13.7. The molecule has 1 heteroatoms. The van der Waals surface area contributed by atoms with Crippen LogP contribution in [-0.4, -0.2) is 0 Å². The van der Waals surface area contributed by atoms with E-state index >= 15 is 0 Å². The van der Waals surface area contributed by atoms with E-state index in [0.29, 0.717) is 0 Å². The molecule has 0 atom stereocenters. The van der Waals surface area contributed by atoms with Crippen molar-refractivity contribution >= 4 is 38.6 Å². The van der Waals surface area contributed by atoms with Gasteiger partial charge in [0.25, 0.3) is 0 Å². The molecule has 0 aromatic heterocycles. The van der Waals surface area contributed by atoms with E-state index in [9.17, 15) is 0 Å². The Bertz CT molecular complexity index is 2990. The lowest BCUT2D eigenvalue weighted by Crippen LogP contribution is -2.16. The molecule has 0 spiro atoms. The Labute approximate surface area is 342 Å². The Morgan fingerprint density at radius 1 is 0.397 bits per heavy atom. The molecule has 1 aliphatic rings. The maximum atomic E-state index is 2.53. The fourth-order valence-electron chi connectivity index (χ4n) is 9.35. The van der Waals surface area contributed by atoms with Gasteiger partial charge in [0.1, 0.15) is 0 Å². The first kappa shape index (κ1) is 35.7. The summed E-state index contributed by atoms with van der Waals surface area (Å²) in [6.45, 7) is 11.5. The van der Waals surface area contributed by atoms with Gasteiger partial charge in [0.15, 0.2) is 0 Å². The standard InChI is InChI=1S/C57H47N/c1-56(2,3)43-30-26-38(27-31-43)42-29-34-53(49(36-42)40-16-7-6-8-17-40)58(44-32-33-52-50(37-44)47-23-13-14-25-51(47)57(52,4)5)54-35-28-41-19-10-12-22-46(41)55(54)48-24-15-20-39-18-9-11-21-45(39)48/h6-37H,1-5H3. The fourth-order valence-corrected chi connectivity index (χ4v) is 9.35. The zero-order chi connectivity index (χ0) is 39.6. The molecule has 1 aliphatic carbocycles. The van der Waals surface area contributed by atoms with Gasteiger partial charge in [-0.3, -0.25) is 0 Å². The van der Waals surface area contributed by atoms with Crippen LogP contribution in [0, 0.1) is 0 Å². The SMILES string of the molecule is CC(C)(C)c1ccc(-c2ccc(N(c3ccc4c(c3)-c3ccccc3C4(C)C)c3ccc4ccccc4c3-c3cccc4ccccc34)c(-c3ccccc3)c2)cc1. The molecule has 58 heavy (non-hydrogen) atoms. The Hall–Kier alpha value is -6.70. The number of fused-ring (bicyclic) bond motifs is 5. The van der Waals surface area contributed by atoms with E-state index in [-0.39, 0.29) is 10.8 Å². The highest BCUT2D eigenvalue weighted by Crippen LogP contribution is 2.53. The van der Waals surface area contributed by atoms with Crippen LogP contribution in [0.15, 0.2) is 194 Å². The van der Waals surface area contributed by atoms with E-state index in [1.165, 1.54) is 82.7 Å². The van der Waals surface area contributed by atoms with Crippen LogP contribution in [0.1, 0.15) is 51.3 Å². The minimum atomic E-state index is -0.0915. The Morgan fingerprint density at radius 3 is 1.78 bits per heavy atom. The van der Waals surface area contributed by atoms with Crippen LogP contribution in [0.5, 0.6) is 0 Å². The summed E-state index contributed by atoms with van der Waals surface area (Å²) in [6, 6.07) is 72.2. The van der Waals surface area contributed by atoms with Gasteiger partial charge in [-0.1, -0.05) is 198 Å². The third-order valence-electron chi connectivity index (χ3n) is 12.4. The predicted molar refractivity (Wildman–Crippen MR) is 249 cm³/mol. The van der Waals surface area contributed by atoms with Crippen LogP contribution in [0.25, 0.3) is 66.1 Å².